The van der Waals surface area contributed by atoms with E-state index < -0.39 is 6.04 Å². The van der Waals surface area contributed by atoms with E-state index in [1.807, 2.05) is 25.7 Å². The second-order valence-electron chi connectivity index (χ2n) is 6.29. The lowest BCUT2D eigenvalue weighted by Gasteiger charge is -2.24. The third-order valence-electron chi connectivity index (χ3n) is 3.06. The lowest BCUT2D eigenvalue weighted by atomic mass is 9.99. The molecule has 122 valence electrons. The number of morpholine rings is 1. The molecular formula is C13H23N7O2. The van der Waals surface area contributed by atoms with Crippen LogP contribution in [0, 0.1) is 5.41 Å². The summed E-state index contributed by atoms with van der Waals surface area (Å²) in [6, 6.07) is -0.584. The molecule has 1 aromatic heterocycles. The zero-order valence-electron chi connectivity index (χ0n) is 13.5. The predicted octanol–water partition coefficient (Wildman–Crippen LogP) is 0.219. The Morgan fingerprint density at radius 1 is 1.41 bits per heavy atom. The van der Waals surface area contributed by atoms with Gasteiger partial charge in [-0.3, -0.25) is 4.79 Å². The fraction of sp³-hybridized carbons (Fsp3) is 0.769. The van der Waals surface area contributed by atoms with Crippen molar-refractivity contribution in [1.82, 2.24) is 25.6 Å². The number of tetrazole rings is 1. The summed E-state index contributed by atoms with van der Waals surface area (Å²) in [5.41, 5.74) is 2.40. The molecule has 1 atom stereocenters. The van der Waals surface area contributed by atoms with Crippen LogP contribution in [-0.4, -0.2) is 58.6 Å². The van der Waals surface area contributed by atoms with E-state index in [1.165, 1.54) is 4.80 Å². The van der Waals surface area contributed by atoms with E-state index in [2.05, 4.69) is 25.9 Å². The van der Waals surface area contributed by atoms with E-state index in [9.17, 15) is 4.79 Å². The van der Waals surface area contributed by atoms with Gasteiger partial charge in [-0.2, -0.15) is 5.10 Å². The topological polar surface area (TPSA) is 97.5 Å². The van der Waals surface area contributed by atoms with Gasteiger partial charge in [-0.05, 0) is 17.6 Å². The van der Waals surface area contributed by atoms with Gasteiger partial charge in [0.25, 0.3) is 11.9 Å². The van der Waals surface area contributed by atoms with Gasteiger partial charge in [-0.25, -0.2) is 5.43 Å². The smallest absolute Gasteiger partial charge is 0.266 e. The van der Waals surface area contributed by atoms with Gasteiger partial charge < -0.3 is 9.64 Å². The molecule has 22 heavy (non-hydrogen) atoms. The van der Waals surface area contributed by atoms with Crippen molar-refractivity contribution in [2.75, 3.05) is 31.2 Å². The molecule has 2 rings (SSSR count). The largest absolute Gasteiger partial charge is 0.378 e. The summed E-state index contributed by atoms with van der Waals surface area (Å²) in [4.78, 5) is 15.3. The average molecular weight is 309 g/mol. The molecule has 0 aliphatic carbocycles. The molecule has 0 saturated carbocycles. The van der Waals surface area contributed by atoms with Gasteiger partial charge in [-0.15, -0.1) is 9.90 Å². The van der Waals surface area contributed by atoms with Crippen molar-refractivity contribution in [3.8, 4) is 0 Å². The molecule has 1 amide bonds. The molecule has 1 unspecified atom stereocenters. The van der Waals surface area contributed by atoms with Gasteiger partial charge in [0, 0.05) is 19.3 Å². The Morgan fingerprint density at radius 2 is 2.09 bits per heavy atom. The quantitative estimate of drug-likeness (QED) is 0.631. The van der Waals surface area contributed by atoms with Gasteiger partial charge in [0.2, 0.25) is 0 Å². The lowest BCUT2D eigenvalue weighted by molar-refractivity contribution is -0.124. The molecule has 9 heteroatoms. The van der Waals surface area contributed by atoms with Gasteiger partial charge >= 0.3 is 0 Å². The van der Waals surface area contributed by atoms with E-state index >= 15 is 0 Å². The third kappa shape index (κ3) is 4.48. The van der Waals surface area contributed by atoms with Crippen LogP contribution >= 0.6 is 0 Å². The number of carbonyl (C=O) groups is 1. The van der Waals surface area contributed by atoms with Gasteiger partial charge in [0.15, 0.2) is 6.04 Å². The molecule has 1 aliphatic rings. The summed E-state index contributed by atoms with van der Waals surface area (Å²) in [6.45, 7) is 10.4. The first-order valence-electron chi connectivity index (χ1n) is 7.33. The maximum absolute atomic E-state index is 12.0. The molecule has 9 nitrogen and oxygen atoms in total. The molecule has 0 spiro atoms. The van der Waals surface area contributed by atoms with Crippen molar-refractivity contribution in [1.29, 1.82) is 0 Å². The minimum atomic E-state index is -0.584. The van der Waals surface area contributed by atoms with Crippen LogP contribution in [0.5, 0.6) is 0 Å². The van der Waals surface area contributed by atoms with Crippen molar-refractivity contribution in [2.45, 2.75) is 33.7 Å². The van der Waals surface area contributed by atoms with Crippen LogP contribution in [0.3, 0.4) is 0 Å². The number of carbonyl (C=O) groups excluding carboxylic acids is 1. The Morgan fingerprint density at radius 3 is 2.73 bits per heavy atom. The number of hydrazone groups is 1. The first-order chi connectivity index (χ1) is 10.4. The maximum atomic E-state index is 12.0. The summed E-state index contributed by atoms with van der Waals surface area (Å²) < 4.78 is 5.28. The van der Waals surface area contributed by atoms with E-state index in [1.54, 1.807) is 13.1 Å². The molecule has 0 bridgehead atoms. The number of ether oxygens (including phenoxy) is 1. The number of amides is 1. The molecule has 1 saturated heterocycles. The highest BCUT2D eigenvalue weighted by atomic mass is 16.5. The Balaban J connectivity index is 1.94. The van der Waals surface area contributed by atoms with E-state index in [0.717, 1.165) is 13.1 Å². The molecule has 1 fully saturated rings. The van der Waals surface area contributed by atoms with Crippen LogP contribution in [0.25, 0.3) is 0 Å². The molecule has 1 aromatic rings. The number of hydrogen-bond donors (Lipinski definition) is 1. The maximum Gasteiger partial charge on any atom is 0.266 e. The second kappa shape index (κ2) is 6.82. The summed E-state index contributed by atoms with van der Waals surface area (Å²) in [6.07, 6.45) is 1.69. The first kappa shape index (κ1) is 16.3. The number of anilines is 1. The molecule has 0 radical (unpaired) electrons. The minimum absolute atomic E-state index is 0.0917. The van der Waals surface area contributed by atoms with Crippen LogP contribution in [0.4, 0.5) is 5.95 Å². The number of aromatic nitrogens is 4. The molecular weight excluding hydrogens is 286 g/mol. The average Bonchev–Trinajstić information content (AvgIpc) is 2.95. The summed E-state index contributed by atoms with van der Waals surface area (Å²) in [5, 5.41) is 16.2. The minimum Gasteiger partial charge on any atom is -0.378 e. The SMILES string of the molecule is CC(C(=O)N/N=C/C(C)(C)C)n1nnc(N2CCOCC2)n1. The van der Waals surface area contributed by atoms with Crippen LogP contribution in [0.15, 0.2) is 5.10 Å². The second-order valence-corrected chi connectivity index (χ2v) is 6.29. The van der Waals surface area contributed by atoms with E-state index in [4.69, 9.17) is 4.74 Å². The monoisotopic (exact) mass is 309 g/mol. The normalized spacial score (nSPS) is 17.7. The van der Waals surface area contributed by atoms with Crippen LogP contribution in [0.1, 0.15) is 33.7 Å². The standard InChI is InChI=1S/C13H23N7O2/c1-10(11(21)15-14-9-13(2,3)4)20-17-12(16-18-20)19-5-7-22-8-6-19/h9-10H,5-8H2,1-4H3,(H,15,21)/b14-9+. The highest BCUT2D eigenvalue weighted by molar-refractivity contribution is 5.80. The molecule has 1 aliphatic heterocycles. The van der Waals surface area contributed by atoms with Crippen molar-refractivity contribution >= 4 is 18.1 Å². The zero-order valence-corrected chi connectivity index (χ0v) is 13.5. The van der Waals surface area contributed by atoms with Gasteiger partial charge in [0.1, 0.15) is 0 Å². The van der Waals surface area contributed by atoms with Crippen LogP contribution in [0.2, 0.25) is 0 Å². The number of rotatable bonds is 4. The number of nitrogens with zero attached hydrogens (tertiary/aromatic N) is 6. The van der Waals surface area contributed by atoms with Crippen molar-refractivity contribution < 1.29 is 9.53 Å². The summed E-state index contributed by atoms with van der Waals surface area (Å²) in [5.74, 6) is 0.229. The van der Waals surface area contributed by atoms with Crippen LogP contribution < -0.4 is 10.3 Å². The fourth-order valence-corrected chi connectivity index (χ4v) is 1.76. The Labute approximate surface area is 129 Å². The summed E-state index contributed by atoms with van der Waals surface area (Å²) >= 11 is 0. The van der Waals surface area contributed by atoms with Crippen LogP contribution in [-0.2, 0) is 9.53 Å². The highest BCUT2D eigenvalue weighted by Crippen LogP contribution is 2.10. The predicted molar refractivity (Wildman–Crippen MR) is 81.6 cm³/mol. The van der Waals surface area contributed by atoms with Gasteiger partial charge in [-0.1, -0.05) is 25.9 Å². The first-order valence-corrected chi connectivity index (χ1v) is 7.33. The Kier molecular flexibility index (Phi) is 5.07. The molecule has 1 N–H and O–H groups in total. The van der Waals surface area contributed by atoms with Crippen molar-refractivity contribution in [3.63, 3.8) is 0 Å². The lowest BCUT2D eigenvalue weighted by Crippen LogP contribution is -2.37. The number of nitrogens with one attached hydrogen (secondary N) is 1. The fourth-order valence-electron chi connectivity index (χ4n) is 1.76. The highest BCUT2D eigenvalue weighted by Gasteiger charge is 2.21. The zero-order chi connectivity index (χ0) is 16.2. The van der Waals surface area contributed by atoms with Crippen molar-refractivity contribution in [2.24, 2.45) is 10.5 Å². The third-order valence-corrected chi connectivity index (χ3v) is 3.06. The number of hydrogen-bond acceptors (Lipinski definition) is 7. The molecule has 0 aromatic carbocycles. The van der Waals surface area contributed by atoms with E-state index in [0.29, 0.717) is 19.2 Å². The Bertz CT molecular complexity index is 529. The van der Waals surface area contributed by atoms with Gasteiger partial charge in [0.05, 0.1) is 13.2 Å². The molecule has 2 heterocycles. The van der Waals surface area contributed by atoms with Crippen molar-refractivity contribution in [3.05, 3.63) is 0 Å². The summed E-state index contributed by atoms with van der Waals surface area (Å²) in [7, 11) is 0. The Hall–Kier alpha value is -2.03. The van der Waals surface area contributed by atoms with E-state index in [-0.39, 0.29) is 11.3 Å².